The zero-order valence-corrected chi connectivity index (χ0v) is 11.3. The summed E-state index contributed by atoms with van der Waals surface area (Å²) in [4.78, 5) is 2.83. The minimum atomic E-state index is 0.110. The number of nitrogens with two attached hydrogens (primary N) is 1. The third-order valence-corrected chi connectivity index (χ3v) is 4.24. The van der Waals surface area contributed by atoms with E-state index in [-0.39, 0.29) is 6.04 Å². The lowest BCUT2D eigenvalue weighted by molar-refractivity contribution is 0.730. The first-order valence-corrected chi connectivity index (χ1v) is 6.90. The lowest BCUT2D eigenvalue weighted by Gasteiger charge is -2.11. The Labute approximate surface area is 107 Å². The van der Waals surface area contributed by atoms with Crippen molar-refractivity contribution >= 4 is 11.3 Å². The predicted molar refractivity (Wildman–Crippen MR) is 75.5 cm³/mol. The number of thiophene rings is 1. The molecule has 2 rings (SSSR count). The van der Waals surface area contributed by atoms with Gasteiger partial charge >= 0.3 is 0 Å². The summed E-state index contributed by atoms with van der Waals surface area (Å²) in [6, 6.07) is 13.0. The second kappa shape index (κ2) is 5.48. The van der Waals surface area contributed by atoms with E-state index in [9.17, 15) is 0 Å². The molecule has 0 saturated carbocycles. The third-order valence-electron chi connectivity index (χ3n) is 2.99. The van der Waals surface area contributed by atoms with E-state index in [4.69, 9.17) is 5.73 Å². The highest BCUT2D eigenvalue weighted by Gasteiger charge is 2.08. The smallest absolute Gasteiger partial charge is 0.0343 e. The Kier molecular flexibility index (Phi) is 3.97. The van der Waals surface area contributed by atoms with E-state index < -0.39 is 0 Å². The molecule has 17 heavy (non-hydrogen) atoms. The van der Waals surface area contributed by atoms with Gasteiger partial charge in [-0.2, -0.15) is 0 Å². The molecule has 1 unspecified atom stereocenters. The number of aryl methyl sites for hydroxylation is 2. The van der Waals surface area contributed by atoms with E-state index >= 15 is 0 Å². The SMILES string of the molecule is CCc1ccc(CC(N)c2ccc(C)cc2)s1. The summed E-state index contributed by atoms with van der Waals surface area (Å²) in [7, 11) is 0. The molecule has 0 spiro atoms. The molecule has 1 heterocycles. The van der Waals surface area contributed by atoms with E-state index in [2.05, 4.69) is 50.2 Å². The van der Waals surface area contributed by atoms with Gasteiger partial charge in [0.05, 0.1) is 0 Å². The van der Waals surface area contributed by atoms with E-state index in [0.717, 1.165) is 12.8 Å². The molecule has 0 bridgehead atoms. The van der Waals surface area contributed by atoms with Crippen LogP contribution < -0.4 is 5.73 Å². The lowest BCUT2D eigenvalue weighted by atomic mass is 10.0. The van der Waals surface area contributed by atoms with Crippen LogP contribution in [0.5, 0.6) is 0 Å². The first-order valence-electron chi connectivity index (χ1n) is 6.08. The Hall–Kier alpha value is -1.12. The van der Waals surface area contributed by atoms with Crippen molar-refractivity contribution in [2.75, 3.05) is 0 Å². The molecular formula is C15H19NS. The van der Waals surface area contributed by atoms with Crippen LogP contribution in [0.3, 0.4) is 0 Å². The van der Waals surface area contributed by atoms with Crippen molar-refractivity contribution in [1.82, 2.24) is 0 Å². The zero-order valence-electron chi connectivity index (χ0n) is 10.4. The molecule has 2 N–H and O–H groups in total. The normalized spacial score (nSPS) is 12.6. The third kappa shape index (κ3) is 3.18. The van der Waals surface area contributed by atoms with Gasteiger partial charge in [0.25, 0.3) is 0 Å². The Bertz CT molecular complexity index is 470. The summed E-state index contributed by atoms with van der Waals surface area (Å²) >= 11 is 1.88. The number of hydrogen-bond donors (Lipinski definition) is 1. The average molecular weight is 245 g/mol. The molecule has 90 valence electrons. The van der Waals surface area contributed by atoms with E-state index in [0.29, 0.717) is 0 Å². The average Bonchev–Trinajstić information content (AvgIpc) is 2.77. The monoisotopic (exact) mass is 245 g/mol. The number of benzene rings is 1. The van der Waals surface area contributed by atoms with Gasteiger partial charge in [0.15, 0.2) is 0 Å². The van der Waals surface area contributed by atoms with Crippen molar-refractivity contribution in [2.24, 2.45) is 5.73 Å². The first-order chi connectivity index (χ1) is 8.19. The number of hydrogen-bond acceptors (Lipinski definition) is 2. The maximum atomic E-state index is 6.23. The van der Waals surface area contributed by atoms with Crippen molar-refractivity contribution < 1.29 is 0 Å². The molecule has 2 heteroatoms. The summed E-state index contributed by atoms with van der Waals surface area (Å²) in [5.74, 6) is 0. The van der Waals surface area contributed by atoms with Crippen LogP contribution in [0.2, 0.25) is 0 Å². The highest BCUT2D eigenvalue weighted by Crippen LogP contribution is 2.23. The van der Waals surface area contributed by atoms with Crippen LogP contribution in [0.25, 0.3) is 0 Å². The molecule has 0 aliphatic carbocycles. The Morgan fingerprint density at radius 2 is 1.71 bits per heavy atom. The van der Waals surface area contributed by atoms with Crippen molar-refractivity contribution in [2.45, 2.75) is 32.7 Å². The van der Waals surface area contributed by atoms with Crippen molar-refractivity contribution in [3.63, 3.8) is 0 Å². The zero-order chi connectivity index (χ0) is 12.3. The Balaban J connectivity index is 2.05. The maximum absolute atomic E-state index is 6.23. The van der Waals surface area contributed by atoms with Crippen molar-refractivity contribution in [3.05, 3.63) is 57.3 Å². The molecule has 1 atom stereocenters. The highest BCUT2D eigenvalue weighted by molar-refractivity contribution is 7.11. The van der Waals surface area contributed by atoms with Crippen LogP contribution in [-0.2, 0) is 12.8 Å². The molecular weight excluding hydrogens is 226 g/mol. The molecule has 0 aliphatic heterocycles. The van der Waals surface area contributed by atoms with Gasteiger partial charge in [-0.25, -0.2) is 0 Å². The van der Waals surface area contributed by atoms with E-state index in [1.165, 1.54) is 20.9 Å². The van der Waals surface area contributed by atoms with Gasteiger partial charge in [-0.15, -0.1) is 11.3 Å². The van der Waals surface area contributed by atoms with E-state index in [1.54, 1.807) is 0 Å². The van der Waals surface area contributed by atoms with Crippen LogP contribution in [0.1, 0.15) is 33.8 Å². The minimum absolute atomic E-state index is 0.110. The van der Waals surface area contributed by atoms with Crippen molar-refractivity contribution in [3.8, 4) is 0 Å². The van der Waals surface area contributed by atoms with Crippen LogP contribution in [0.15, 0.2) is 36.4 Å². The van der Waals surface area contributed by atoms with Gasteiger partial charge in [0.2, 0.25) is 0 Å². The van der Waals surface area contributed by atoms with Crippen molar-refractivity contribution in [1.29, 1.82) is 0 Å². The second-order valence-corrected chi connectivity index (χ2v) is 5.70. The Morgan fingerprint density at radius 1 is 1.06 bits per heavy atom. The fourth-order valence-corrected chi connectivity index (χ4v) is 2.89. The molecule has 0 fully saturated rings. The molecule has 1 nitrogen and oxygen atoms in total. The summed E-state index contributed by atoms with van der Waals surface area (Å²) in [6.07, 6.45) is 2.05. The first kappa shape index (κ1) is 12.3. The maximum Gasteiger partial charge on any atom is 0.0343 e. The standard InChI is InChI=1S/C15H19NS/c1-3-13-8-9-14(17-13)10-15(16)12-6-4-11(2)5-7-12/h4-9,15H,3,10,16H2,1-2H3. The number of rotatable bonds is 4. The fraction of sp³-hybridized carbons (Fsp3) is 0.333. The fourth-order valence-electron chi connectivity index (χ4n) is 1.87. The van der Waals surface area contributed by atoms with Gasteiger partial charge in [-0.1, -0.05) is 36.8 Å². The molecule has 0 aliphatic rings. The topological polar surface area (TPSA) is 26.0 Å². The summed E-state index contributed by atoms with van der Waals surface area (Å²) in [5.41, 5.74) is 8.74. The van der Waals surface area contributed by atoms with Crippen LogP contribution in [0.4, 0.5) is 0 Å². The van der Waals surface area contributed by atoms with Crippen LogP contribution in [0, 0.1) is 6.92 Å². The molecule has 0 amide bonds. The summed E-state index contributed by atoms with van der Waals surface area (Å²) in [6.45, 7) is 4.29. The predicted octanol–water partition coefficient (Wildman–Crippen LogP) is 3.86. The molecule has 0 saturated heterocycles. The molecule has 0 radical (unpaired) electrons. The van der Waals surface area contributed by atoms with Gasteiger partial charge in [0.1, 0.15) is 0 Å². The molecule has 1 aromatic carbocycles. The summed E-state index contributed by atoms with van der Waals surface area (Å²) < 4.78 is 0. The largest absolute Gasteiger partial charge is 0.324 e. The lowest BCUT2D eigenvalue weighted by Crippen LogP contribution is -2.12. The Morgan fingerprint density at radius 3 is 2.29 bits per heavy atom. The molecule has 1 aromatic heterocycles. The minimum Gasteiger partial charge on any atom is -0.324 e. The van der Waals surface area contributed by atoms with Crippen LogP contribution >= 0.6 is 11.3 Å². The summed E-state index contributed by atoms with van der Waals surface area (Å²) in [5, 5.41) is 0. The van der Waals surface area contributed by atoms with Gasteiger partial charge in [0, 0.05) is 22.2 Å². The quantitative estimate of drug-likeness (QED) is 0.869. The van der Waals surface area contributed by atoms with Gasteiger partial charge < -0.3 is 5.73 Å². The second-order valence-electron chi connectivity index (χ2n) is 4.44. The van der Waals surface area contributed by atoms with Crippen LogP contribution in [-0.4, -0.2) is 0 Å². The highest BCUT2D eigenvalue weighted by atomic mass is 32.1. The van der Waals surface area contributed by atoms with E-state index in [1.807, 2.05) is 11.3 Å². The molecule has 2 aromatic rings. The van der Waals surface area contributed by atoms with Gasteiger partial charge in [-0.3, -0.25) is 0 Å². The van der Waals surface area contributed by atoms with Gasteiger partial charge in [-0.05, 0) is 31.0 Å².